The molecule has 0 saturated carbocycles. The van der Waals surface area contributed by atoms with Crippen LogP contribution in [0.5, 0.6) is 0 Å². The largest absolute Gasteiger partial charge is 0.447 e. The second kappa shape index (κ2) is 6.54. The van der Waals surface area contributed by atoms with Crippen molar-refractivity contribution in [1.29, 1.82) is 0 Å². The van der Waals surface area contributed by atoms with E-state index in [1.807, 2.05) is 0 Å². The number of anilines is 2. The molecule has 2 aliphatic heterocycles. The maximum Gasteiger partial charge on any atom is 0.414 e. The molecule has 0 radical (unpaired) electrons. The first-order valence-electron chi connectivity index (χ1n) is 7.52. The number of benzene rings is 1. The Morgan fingerprint density at radius 3 is 2.48 bits per heavy atom. The van der Waals surface area contributed by atoms with E-state index < -0.39 is 35.6 Å². The molecule has 2 heterocycles. The number of nitrogens with one attached hydrogen (secondary N) is 1. The van der Waals surface area contributed by atoms with Crippen LogP contribution in [0.2, 0.25) is 0 Å². The second-order valence-corrected chi connectivity index (χ2v) is 5.58. The number of cyclic esters (lactones) is 2. The number of amides is 3. The summed E-state index contributed by atoms with van der Waals surface area (Å²) in [5.74, 6) is -2.27. The van der Waals surface area contributed by atoms with Crippen LogP contribution < -0.4 is 15.1 Å². The minimum absolute atomic E-state index is 0.0308. The third-order valence-corrected chi connectivity index (χ3v) is 3.80. The summed E-state index contributed by atoms with van der Waals surface area (Å²) >= 11 is 0. The molecule has 0 aliphatic carbocycles. The number of hydrogen-bond donors (Lipinski definition) is 1. The molecule has 0 aromatic heterocycles. The Morgan fingerprint density at radius 1 is 1.24 bits per heavy atom. The minimum atomic E-state index is -0.994. The van der Waals surface area contributed by atoms with Gasteiger partial charge < -0.3 is 14.8 Å². The third-order valence-electron chi connectivity index (χ3n) is 3.80. The van der Waals surface area contributed by atoms with Gasteiger partial charge in [0.15, 0.2) is 11.6 Å². The molecule has 3 rings (SSSR count). The van der Waals surface area contributed by atoms with Gasteiger partial charge in [-0.25, -0.2) is 18.4 Å². The van der Waals surface area contributed by atoms with E-state index in [2.05, 4.69) is 10.1 Å². The molecule has 2 fully saturated rings. The fourth-order valence-electron chi connectivity index (χ4n) is 2.66. The van der Waals surface area contributed by atoms with Gasteiger partial charge in [-0.05, 0) is 0 Å². The average molecular weight is 355 g/mol. The van der Waals surface area contributed by atoms with Crippen molar-refractivity contribution in [2.45, 2.75) is 13.0 Å². The molecule has 0 spiro atoms. The minimum Gasteiger partial charge on any atom is -0.447 e. The highest BCUT2D eigenvalue weighted by Gasteiger charge is 2.35. The Balaban J connectivity index is 1.80. The van der Waals surface area contributed by atoms with Crippen LogP contribution in [-0.4, -0.2) is 50.4 Å². The van der Waals surface area contributed by atoms with Gasteiger partial charge in [0.05, 0.1) is 25.3 Å². The number of nitrogens with zero attached hydrogens (tertiary/aromatic N) is 2. The fraction of sp³-hybridized carbons (Fsp3) is 0.400. The molecule has 134 valence electrons. The molecule has 1 N–H and O–H groups in total. The van der Waals surface area contributed by atoms with Gasteiger partial charge in [-0.15, -0.1) is 0 Å². The molecule has 0 bridgehead atoms. The highest BCUT2D eigenvalue weighted by atomic mass is 19.1. The molecule has 2 saturated heterocycles. The number of carbonyl (C=O) groups excluding carboxylic acids is 3. The highest BCUT2D eigenvalue weighted by Crippen LogP contribution is 2.32. The van der Waals surface area contributed by atoms with Crippen LogP contribution in [0.3, 0.4) is 0 Å². The van der Waals surface area contributed by atoms with Crippen LogP contribution in [0.1, 0.15) is 6.92 Å². The van der Waals surface area contributed by atoms with Gasteiger partial charge in [-0.3, -0.25) is 14.6 Å². The zero-order valence-corrected chi connectivity index (χ0v) is 13.3. The molecule has 25 heavy (non-hydrogen) atoms. The smallest absolute Gasteiger partial charge is 0.414 e. The summed E-state index contributed by atoms with van der Waals surface area (Å²) in [4.78, 5) is 36.2. The van der Waals surface area contributed by atoms with Crippen molar-refractivity contribution in [3.63, 3.8) is 0 Å². The van der Waals surface area contributed by atoms with Gasteiger partial charge in [0, 0.05) is 19.1 Å². The van der Waals surface area contributed by atoms with E-state index in [-0.39, 0.29) is 37.8 Å². The molecule has 0 unspecified atom stereocenters. The molecule has 1 aromatic carbocycles. The van der Waals surface area contributed by atoms with Gasteiger partial charge in [0.25, 0.3) is 0 Å². The number of carbonyl (C=O) groups is 3. The van der Waals surface area contributed by atoms with E-state index in [1.165, 1.54) is 6.92 Å². The van der Waals surface area contributed by atoms with Gasteiger partial charge in [0.1, 0.15) is 18.4 Å². The van der Waals surface area contributed by atoms with E-state index in [1.54, 1.807) is 0 Å². The molecule has 1 atom stereocenters. The van der Waals surface area contributed by atoms with Crippen molar-refractivity contribution in [2.75, 3.05) is 36.0 Å². The van der Waals surface area contributed by atoms with Gasteiger partial charge in [-0.2, -0.15) is 0 Å². The Bertz CT molecular complexity index is 719. The summed E-state index contributed by atoms with van der Waals surface area (Å²) < 4.78 is 38.4. The van der Waals surface area contributed by atoms with Crippen molar-refractivity contribution in [2.24, 2.45) is 0 Å². The third kappa shape index (κ3) is 3.32. The fourth-order valence-corrected chi connectivity index (χ4v) is 2.66. The van der Waals surface area contributed by atoms with Crippen molar-refractivity contribution < 1.29 is 32.6 Å². The van der Waals surface area contributed by atoms with E-state index >= 15 is 0 Å². The Labute approximate surface area is 141 Å². The summed E-state index contributed by atoms with van der Waals surface area (Å²) in [6.45, 7) is 1.53. The van der Waals surface area contributed by atoms with Crippen molar-refractivity contribution in [3.8, 4) is 0 Å². The van der Waals surface area contributed by atoms with E-state index in [0.717, 1.165) is 21.9 Å². The Hall–Kier alpha value is -2.91. The SMILES string of the molecule is CC(=O)NC[C@H]1CN(c2cc(F)c(N3CCOC3=O)c(F)c2)C(=O)O1. The molecule has 2 aliphatic rings. The van der Waals surface area contributed by atoms with Crippen LogP contribution in [0.4, 0.5) is 29.7 Å². The Kier molecular flexibility index (Phi) is 4.43. The van der Waals surface area contributed by atoms with E-state index in [9.17, 15) is 23.2 Å². The predicted octanol–water partition coefficient (Wildman–Crippen LogP) is 1.38. The maximum atomic E-state index is 14.3. The first-order valence-corrected chi connectivity index (χ1v) is 7.52. The maximum absolute atomic E-state index is 14.3. The van der Waals surface area contributed by atoms with Crippen molar-refractivity contribution >= 4 is 29.5 Å². The molecule has 3 amide bonds. The number of halogens is 2. The van der Waals surface area contributed by atoms with E-state index in [0.29, 0.717) is 0 Å². The zero-order chi connectivity index (χ0) is 18.1. The topological polar surface area (TPSA) is 88.2 Å². The second-order valence-electron chi connectivity index (χ2n) is 5.58. The van der Waals surface area contributed by atoms with E-state index in [4.69, 9.17) is 4.74 Å². The van der Waals surface area contributed by atoms with Crippen LogP contribution in [0.25, 0.3) is 0 Å². The normalized spacial score (nSPS) is 19.9. The van der Waals surface area contributed by atoms with Crippen molar-refractivity contribution in [1.82, 2.24) is 5.32 Å². The summed E-state index contributed by atoms with van der Waals surface area (Å²) in [5, 5.41) is 2.50. The number of hydrogen-bond acceptors (Lipinski definition) is 5. The lowest BCUT2D eigenvalue weighted by atomic mass is 10.2. The lowest BCUT2D eigenvalue weighted by molar-refractivity contribution is -0.119. The summed E-state index contributed by atoms with van der Waals surface area (Å²) in [7, 11) is 0. The van der Waals surface area contributed by atoms with Crippen LogP contribution in [0.15, 0.2) is 12.1 Å². The Morgan fingerprint density at radius 2 is 1.92 bits per heavy atom. The summed E-state index contributed by atoms with van der Waals surface area (Å²) in [6, 6.07) is 1.90. The monoisotopic (exact) mass is 355 g/mol. The average Bonchev–Trinajstić information content (AvgIpc) is 3.11. The lowest BCUT2D eigenvalue weighted by Crippen LogP contribution is -2.33. The van der Waals surface area contributed by atoms with Crippen molar-refractivity contribution in [3.05, 3.63) is 23.8 Å². The molecule has 1 aromatic rings. The molecule has 8 nitrogen and oxygen atoms in total. The predicted molar refractivity (Wildman–Crippen MR) is 81.4 cm³/mol. The molecular weight excluding hydrogens is 340 g/mol. The number of ether oxygens (including phenoxy) is 2. The zero-order valence-electron chi connectivity index (χ0n) is 13.3. The standard InChI is InChI=1S/C15H15F2N3O5/c1-8(21)18-6-10-7-20(15(23)25-10)9-4-11(16)13(12(17)5-9)19-2-3-24-14(19)22/h4-5,10H,2-3,6-7H2,1H3,(H,18,21)/t10-/m0/s1. The van der Waals surface area contributed by atoms with Crippen LogP contribution in [-0.2, 0) is 14.3 Å². The molecule has 10 heteroatoms. The number of rotatable bonds is 4. The highest BCUT2D eigenvalue weighted by molar-refractivity contribution is 5.92. The molecular formula is C15H15F2N3O5. The first-order chi connectivity index (χ1) is 11.9. The summed E-state index contributed by atoms with van der Waals surface area (Å²) in [6.07, 6.45) is -2.24. The van der Waals surface area contributed by atoms with Crippen LogP contribution >= 0.6 is 0 Å². The van der Waals surface area contributed by atoms with Crippen LogP contribution in [0, 0.1) is 11.6 Å². The quantitative estimate of drug-likeness (QED) is 0.882. The van der Waals surface area contributed by atoms with Gasteiger partial charge in [-0.1, -0.05) is 0 Å². The first kappa shape index (κ1) is 16.9. The summed E-state index contributed by atoms with van der Waals surface area (Å²) in [5.41, 5.74) is -0.560. The van der Waals surface area contributed by atoms with Gasteiger partial charge >= 0.3 is 12.2 Å². The van der Waals surface area contributed by atoms with Gasteiger partial charge in [0.2, 0.25) is 5.91 Å². The lowest BCUT2D eigenvalue weighted by Gasteiger charge is -2.18.